The highest BCUT2D eigenvalue weighted by atomic mass is 16.5. The summed E-state index contributed by atoms with van der Waals surface area (Å²) in [6.45, 7) is 4.67. The number of aromatic nitrogens is 3. The lowest BCUT2D eigenvalue weighted by molar-refractivity contribution is -0.119. The van der Waals surface area contributed by atoms with Gasteiger partial charge < -0.3 is 19.7 Å². The second-order valence-electron chi connectivity index (χ2n) is 7.80. The van der Waals surface area contributed by atoms with Crippen molar-refractivity contribution in [2.45, 2.75) is 20.5 Å². The van der Waals surface area contributed by atoms with E-state index in [4.69, 9.17) is 9.47 Å². The van der Waals surface area contributed by atoms with Gasteiger partial charge in [-0.2, -0.15) is 0 Å². The van der Waals surface area contributed by atoms with Crippen molar-refractivity contribution in [3.05, 3.63) is 78.4 Å². The molecule has 0 atom stereocenters. The molecule has 8 nitrogen and oxygen atoms in total. The number of carbonyl (C=O) groups excluding carboxylic acids is 1. The zero-order chi connectivity index (χ0) is 23.9. The van der Waals surface area contributed by atoms with Gasteiger partial charge >= 0.3 is 0 Å². The van der Waals surface area contributed by atoms with Crippen LogP contribution in [-0.2, 0) is 11.4 Å². The van der Waals surface area contributed by atoms with Crippen LogP contribution >= 0.6 is 0 Å². The number of rotatable bonds is 9. The van der Waals surface area contributed by atoms with E-state index in [1.807, 2.05) is 67.4 Å². The van der Waals surface area contributed by atoms with Gasteiger partial charge in [-0.25, -0.2) is 9.97 Å². The van der Waals surface area contributed by atoms with Crippen LogP contribution in [0.4, 0.5) is 11.5 Å². The molecule has 1 N–H and O–H groups in total. The molecule has 0 fully saturated rings. The first-order valence-corrected chi connectivity index (χ1v) is 11.0. The van der Waals surface area contributed by atoms with Crippen molar-refractivity contribution in [1.82, 2.24) is 20.3 Å². The molecule has 0 saturated carbocycles. The lowest BCUT2D eigenvalue weighted by Crippen LogP contribution is -2.25. The fraction of sp³-hybridized carbons (Fsp3) is 0.231. The highest BCUT2D eigenvalue weighted by Gasteiger charge is 2.16. The standard InChI is InChI=1S/C26H27N5O3/c1-18-15-21(10-11-23(18)34-16-20-7-4-5-12-28-20)31(3)26-25-22(29-17-30-26)8-6-9-24(25)33-14-13-27-19(2)32/h4-12,15,17H,13-14,16H2,1-3H3,(H,27,32). The maximum Gasteiger partial charge on any atom is 0.216 e. The minimum atomic E-state index is -0.0897. The summed E-state index contributed by atoms with van der Waals surface area (Å²) in [5, 5.41) is 3.55. The van der Waals surface area contributed by atoms with Gasteiger partial charge in [0.25, 0.3) is 0 Å². The fourth-order valence-corrected chi connectivity index (χ4v) is 3.59. The number of fused-ring (bicyclic) bond motifs is 1. The van der Waals surface area contributed by atoms with E-state index in [0.717, 1.165) is 39.4 Å². The third-order valence-corrected chi connectivity index (χ3v) is 5.30. The van der Waals surface area contributed by atoms with Crippen LogP contribution in [0.3, 0.4) is 0 Å². The van der Waals surface area contributed by atoms with Crippen LogP contribution in [0, 0.1) is 6.92 Å². The number of nitrogens with one attached hydrogen (secondary N) is 1. The number of benzene rings is 2. The second-order valence-corrected chi connectivity index (χ2v) is 7.80. The van der Waals surface area contributed by atoms with Gasteiger partial charge in [-0.15, -0.1) is 0 Å². The van der Waals surface area contributed by atoms with E-state index in [2.05, 4.69) is 26.3 Å². The third kappa shape index (κ3) is 5.40. The lowest BCUT2D eigenvalue weighted by Gasteiger charge is -2.22. The molecule has 174 valence electrons. The second kappa shape index (κ2) is 10.6. The molecule has 2 aromatic carbocycles. The smallest absolute Gasteiger partial charge is 0.216 e. The Labute approximate surface area is 198 Å². The first-order valence-electron chi connectivity index (χ1n) is 11.0. The predicted octanol–water partition coefficient (Wildman–Crippen LogP) is 4.20. The maximum absolute atomic E-state index is 11.1. The van der Waals surface area contributed by atoms with Gasteiger partial charge in [0.1, 0.15) is 36.9 Å². The largest absolute Gasteiger partial charge is 0.491 e. The number of aryl methyl sites for hydroxylation is 1. The summed E-state index contributed by atoms with van der Waals surface area (Å²) in [5.74, 6) is 2.10. The number of nitrogens with zero attached hydrogens (tertiary/aromatic N) is 4. The Bertz CT molecular complexity index is 1270. The highest BCUT2D eigenvalue weighted by molar-refractivity contribution is 5.96. The Hall–Kier alpha value is -4.20. The van der Waals surface area contributed by atoms with E-state index in [-0.39, 0.29) is 5.91 Å². The Balaban J connectivity index is 1.56. The fourth-order valence-electron chi connectivity index (χ4n) is 3.59. The summed E-state index contributed by atoms with van der Waals surface area (Å²) < 4.78 is 11.9. The molecule has 0 bridgehead atoms. The third-order valence-electron chi connectivity index (χ3n) is 5.30. The molecule has 0 aliphatic heterocycles. The summed E-state index contributed by atoms with van der Waals surface area (Å²) in [6.07, 6.45) is 3.31. The van der Waals surface area contributed by atoms with E-state index in [1.165, 1.54) is 6.92 Å². The number of hydrogen-bond donors (Lipinski definition) is 1. The van der Waals surface area contributed by atoms with E-state index in [9.17, 15) is 4.79 Å². The molecular formula is C26H27N5O3. The quantitative estimate of drug-likeness (QED) is 0.377. The predicted molar refractivity (Wildman–Crippen MR) is 132 cm³/mol. The van der Waals surface area contributed by atoms with Crippen LogP contribution < -0.4 is 19.7 Å². The van der Waals surface area contributed by atoms with Gasteiger partial charge in [-0.05, 0) is 55.0 Å². The van der Waals surface area contributed by atoms with Crippen LogP contribution in [0.2, 0.25) is 0 Å². The van der Waals surface area contributed by atoms with Crippen molar-refractivity contribution in [2.24, 2.45) is 0 Å². The molecule has 4 rings (SSSR count). The van der Waals surface area contributed by atoms with Gasteiger partial charge in [0.15, 0.2) is 0 Å². The molecule has 0 radical (unpaired) electrons. The zero-order valence-electron chi connectivity index (χ0n) is 19.5. The van der Waals surface area contributed by atoms with Gasteiger partial charge in [0, 0.05) is 25.9 Å². The van der Waals surface area contributed by atoms with Crippen LogP contribution in [0.25, 0.3) is 10.9 Å². The molecule has 2 heterocycles. The van der Waals surface area contributed by atoms with Crippen LogP contribution in [0.15, 0.2) is 67.1 Å². The summed E-state index contributed by atoms with van der Waals surface area (Å²) in [5.41, 5.74) is 3.61. The van der Waals surface area contributed by atoms with Gasteiger partial charge in [-0.3, -0.25) is 9.78 Å². The number of carbonyl (C=O) groups is 1. The minimum Gasteiger partial charge on any atom is -0.491 e. The Morgan fingerprint density at radius 3 is 2.65 bits per heavy atom. The number of hydrogen-bond acceptors (Lipinski definition) is 7. The summed E-state index contributed by atoms with van der Waals surface area (Å²) in [7, 11) is 1.96. The average molecular weight is 458 g/mol. The molecule has 4 aromatic rings. The molecule has 0 aliphatic rings. The van der Waals surface area contributed by atoms with Crippen LogP contribution in [0.5, 0.6) is 11.5 Å². The van der Waals surface area contributed by atoms with Crippen molar-refractivity contribution >= 4 is 28.3 Å². The van der Waals surface area contributed by atoms with E-state index in [1.54, 1.807) is 12.5 Å². The SMILES string of the molecule is CC(=O)NCCOc1cccc2ncnc(N(C)c3ccc(OCc4ccccn4)c(C)c3)c12. The van der Waals surface area contributed by atoms with Crippen molar-refractivity contribution in [1.29, 1.82) is 0 Å². The van der Waals surface area contributed by atoms with Crippen molar-refractivity contribution in [2.75, 3.05) is 25.1 Å². The molecule has 8 heteroatoms. The monoisotopic (exact) mass is 457 g/mol. The Morgan fingerprint density at radius 2 is 1.88 bits per heavy atom. The molecule has 2 aromatic heterocycles. The Kier molecular flexibility index (Phi) is 7.17. The summed E-state index contributed by atoms with van der Waals surface area (Å²) in [6, 6.07) is 17.5. The van der Waals surface area contributed by atoms with Gasteiger partial charge in [0.05, 0.1) is 23.1 Å². The molecule has 0 saturated heterocycles. The van der Waals surface area contributed by atoms with Crippen molar-refractivity contribution in [3.8, 4) is 11.5 Å². The molecular weight excluding hydrogens is 430 g/mol. The zero-order valence-corrected chi connectivity index (χ0v) is 19.5. The van der Waals surface area contributed by atoms with Gasteiger partial charge in [-0.1, -0.05) is 12.1 Å². The first kappa shape index (κ1) is 23.0. The first-order chi connectivity index (χ1) is 16.5. The van der Waals surface area contributed by atoms with E-state index >= 15 is 0 Å². The van der Waals surface area contributed by atoms with Crippen molar-refractivity contribution in [3.63, 3.8) is 0 Å². The van der Waals surface area contributed by atoms with E-state index in [0.29, 0.717) is 25.5 Å². The number of amides is 1. The van der Waals surface area contributed by atoms with Crippen molar-refractivity contribution < 1.29 is 14.3 Å². The molecule has 34 heavy (non-hydrogen) atoms. The molecule has 0 aliphatic carbocycles. The molecule has 0 unspecified atom stereocenters. The van der Waals surface area contributed by atoms with Gasteiger partial charge in [0.2, 0.25) is 5.91 Å². The highest BCUT2D eigenvalue weighted by Crippen LogP contribution is 2.35. The summed E-state index contributed by atoms with van der Waals surface area (Å²) in [4.78, 5) is 26.4. The number of ether oxygens (including phenoxy) is 2. The van der Waals surface area contributed by atoms with Crippen LogP contribution in [0.1, 0.15) is 18.2 Å². The maximum atomic E-state index is 11.1. The summed E-state index contributed by atoms with van der Waals surface area (Å²) >= 11 is 0. The normalized spacial score (nSPS) is 10.7. The number of pyridine rings is 1. The Morgan fingerprint density at radius 1 is 1.00 bits per heavy atom. The molecule has 1 amide bonds. The van der Waals surface area contributed by atoms with Crippen LogP contribution in [-0.4, -0.2) is 41.1 Å². The number of anilines is 2. The topological polar surface area (TPSA) is 89.5 Å². The minimum absolute atomic E-state index is 0.0897. The van der Waals surface area contributed by atoms with E-state index < -0.39 is 0 Å². The molecule has 0 spiro atoms. The lowest BCUT2D eigenvalue weighted by atomic mass is 10.1. The average Bonchev–Trinajstić information content (AvgIpc) is 2.85.